The molecule has 0 amide bonds. The number of hydrogen-bond donors (Lipinski definition) is 1. The minimum absolute atomic E-state index is 0.178. The fourth-order valence-corrected chi connectivity index (χ4v) is 1.77. The van der Waals surface area contributed by atoms with E-state index in [-0.39, 0.29) is 5.75 Å². The predicted octanol–water partition coefficient (Wildman–Crippen LogP) is 3.37. The molecule has 3 rings (SSSR count). The first kappa shape index (κ1) is 11.3. The molecule has 4 heteroatoms. The molecule has 0 saturated carbocycles. The monoisotopic (exact) mass is 252 g/mol. The normalized spacial score (nSPS) is 10.3. The summed E-state index contributed by atoms with van der Waals surface area (Å²) in [6, 6.07) is 16.5. The van der Waals surface area contributed by atoms with Crippen molar-refractivity contribution in [3.8, 4) is 22.9 Å². The Morgan fingerprint density at radius 3 is 2.42 bits per heavy atom. The molecular weight excluding hydrogens is 240 g/mol. The van der Waals surface area contributed by atoms with Crippen molar-refractivity contribution in [2.24, 2.45) is 0 Å². The maximum atomic E-state index is 9.76. The molecule has 0 aliphatic rings. The highest BCUT2D eigenvalue weighted by Crippen LogP contribution is 2.24. The molecule has 19 heavy (non-hydrogen) atoms. The number of rotatable bonds is 3. The molecule has 0 spiro atoms. The number of benzene rings is 2. The van der Waals surface area contributed by atoms with Gasteiger partial charge in [-0.3, -0.25) is 0 Å². The molecule has 0 fully saturated rings. The van der Waals surface area contributed by atoms with Gasteiger partial charge in [0, 0.05) is 0 Å². The topological polar surface area (TPSA) is 47.3 Å². The molecule has 0 unspecified atom stereocenters. The van der Waals surface area contributed by atoms with Crippen molar-refractivity contribution in [3.05, 3.63) is 67.0 Å². The maximum Gasteiger partial charge on any atom is 0.165 e. The predicted molar refractivity (Wildman–Crippen MR) is 71.7 cm³/mol. The Kier molecular flexibility index (Phi) is 2.90. The molecule has 0 saturated heterocycles. The minimum Gasteiger partial charge on any atom is -0.506 e. The Balaban J connectivity index is 1.86. The Hall–Kier alpha value is -2.75. The first-order valence-electron chi connectivity index (χ1n) is 5.89. The Labute approximate surface area is 110 Å². The summed E-state index contributed by atoms with van der Waals surface area (Å²) in [4.78, 5) is 0. The summed E-state index contributed by atoms with van der Waals surface area (Å²) in [5, 5.41) is 13.9. The van der Waals surface area contributed by atoms with Gasteiger partial charge in [0.2, 0.25) is 0 Å². The van der Waals surface area contributed by atoms with E-state index in [1.165, 1.54) is 0 Å². The van der Waals surface area contributed by atoms with Crippen LogP contribution >= 0.6 is 0 Å². The van der Waals surface area contributed by atoms with Crippen LogP contribution in [0.5, 0.6) is 17.2 Å². The molecule has 1 N–H and O–H groups in total. The lowest BCUT2D eigenvalue weighted by Crippen LogP contribution is -1.93. The number of nitrogens with zero attached hydrogens (tertiary/aromatic N) is 2. The van der Waals surface area contributed by atoms with Crippen LogP contribution in [-0.4, -0.2) is 14.9 Å². The third kappa shape index (κ3) is 2.42. The zero-order valence-corrected chi connectivity index (χ0v) is 10.1. The summed E-state index contributed by atoms with van der Waals surface area (Å²) < 4.78 is 7.23. The van der Waals surface area contributed by atoms with E-state index >= 15 is 0 Å². The van der Waals surface area contributed by atoms with Gasteiger partial charge in [0.25, 0.3) is 0 Å². The number of aromatic hydroxyl groups is 1. The van der Waals surface area contributed by atoms with Gasteiger partial charge >= 0.3 is 0 Å². The van der Waals surface area contributed by atoms with Crippen molar-refractivity contribution in [2.75, 3.05) is 0 Å². The van der Waals surface area contributed by atoms with Crippen molar-refractivity contribution < 1.29 is 9.84 Å². The third-order valence-corrected chi connectivity index (χ3v) is 2.67. The molecular formula is C15H12N2O2. The van der Waals surface area contributed by atoms with E-state index in [2.05, 4.69) is 5.10 Å². The van der Waals surface area contributed by atoms with Crippen LogP contribution in [0.25, 0.3) is 5.69 Å². The van der Waals surface area contributed by atoms with Gasteiger partial charge in [0.15, 0.2) is 5.75 Å². The van der Waals surface area contributed by atoms with Crippen LogP contribution in [0, 0.1) is 0 Å². The highest BCUT2D eigenvalue weighted by Gasteiger charge is 2.06. The number of aromatic nitrogens is 2. The second-order valence-electron chi connectivity index (χ2n) is 4.02. The molecule has 3 aromatic rings. The third-order valence-electron chi connectivity index (χ3n) is 2.67. The van der Waals surface area contributed by atoms with E-state index in [9.17, 15) is 5.11 Å². The molecule has 0 bridgehead atoms. The molecule has 94 valence electrons. The number of para-hydroxylation sites is 3. The number of ether oxygens (including phenoxy) is 1. The quantitative estimate of drug-likeness (QED) is 0.777. The van der Waals surface area contributed by atoms with E-state index in [1.54, 1.807) is 35.3 Å². The number of phenols is 1. The lowest BCUT2D eigenvalue weighted by molar-refractivity contribution is 0.469. The average molecular weight is 252 g/mol. The van der Waals surface area contributed by atoms with Crippen molar-refractivity contribution in [2.45, 2.75) is 0 Å². The first-order valence-corrected chi connectivity index (χ1v) is 5.89. The first-order chi connectivity index (χ1) is 9.33. The van der Waals surface area contributed by atoms with Crippen LogP contribution in [0.4, 0.5) is 0 Å². The minimum atomic E-state index is 0.178. The van der Waals surface area contributed by atoms with E-state index < -0.39 is 0 Å². The van der Waals surface area contributed by atoms with E-state index in [0.29, 0.717) is 11.4 Å². The smallest absolute Gasteiger partial charge is 0.165 e. The van der Waals surface area contributed by atoms with Crippen molar-refractivity contribution in [1.29, 1.82) is 0 Å². The molecule has 4 nitrogen and oxygen atoms in total. The van der Waals surface area contributed by atoms with Gasteiger partial charge in [-0.1, -0.05) is 30.3 Å². The van der Waals surface area contributed by atoms with Crippen LogP contribution in [0.15, 0.2) is 67.0 Å². The fourth-order valence-electron chi connectivity index (χ4n) is 1.77. The second-order valence-corrected chi connectivity index (χ2v) is 4.02. The van der Waals surface area contributed by atoms with Gasteiger partial charge in [0.1, 0.15) is 17.2 Å². The summed E-state index contributed by atoms with van der Waals surface area (Å²) in [6.45, 7) is 0. The van der Waals surface area contributed by atoms with Crippen molar-refractivity contribution in [3.63, 3.8) is 0 Å². The molecule has 0 aliphatic carbocycles. The summed E-state index contributed by atoms with van der Waals surface area (Å²) in [5.74, 6) is 1.55. The Morgan fingerprint density at radius 1 is 0.895 bits per heavy atom. The Bertz CT molecular complexity index is 677. The van der Waals surface area contributed by atoms with Crippen LogP contribution in [0.3, 0.4) is 0 Å². The summed E-state index contributed by atoms with van der Waals surface area (Å²) >= 11 is 0. The number of hydrogen-bond acceptors (Lipinski definition) is 3. The molecule has 0 atom stereocenters. The van der Waals surface area contributed by atoms with Gasteiger partial charge in [-0.15, -0.1) is 0 Å². The van der Waals surface area contributed by atoms with Crippen LogP contribution in [0.2, 0.25) is 0 Å². The average Bonchev–Trinajstić information content (AvgIpc) is 2.89. The standard InChI is InChI=1S/C15H12N2O2/c18-15-9-5-4-8-14(15)17-11-13(10-16-17)19-12-6-2-1-3-7-12/h1-11,18H. The zero-order chi connectivity index (χ0) is 13.1. The highest BCUT2D eigenvalue weighted by atomic mass is 16.5. The van der Waals surface area contributed by atoms with E-state index in [4.69, 9.17) is 4.74 Å². The highest BCUT2D eigenvalue weighted by molar-refractivity contribution is 5.45. The van der Waals surface area contributed by atoms with Crippen molar-refractivity contribution in [1.82, 2.24) is 9.78 Å². The molecule has 1 aromatic heterocycles. The van der Waals surface area contributed by atoms with Crippen LogP contribution in [0.1, 0.15) is 0 Å². The molecule has 0 radical (unpaired) electrons. The zero-order valence-electron chi connectivity index (χ0n) is 10.1. The van der Waals surface area contributed by atoms with Gasteiger partial charge in [-0.2, -0.15) is 5.10 Å². The van der Waals surface area contributed by atoms with E-state index in [1.807, 2.05) is 36.4 Å². The molecule has 2 aromatic carbocycles. The van der Waals surface area contributed by atoms with E-state index in [0.717, 1.165) is 5.75 Å². The lowest BCUT2D eigenvalue weighted by Gasteiger charge is -2.03. The van der Waals surface area contributed by atoms with Crippen LogP contribution < -0.4 is 4.74 Å². The largest absolute Gasteiger partial charge is 0.506 e. The van der Waals surface area contributed by atoms with Crippen LogP contribution in [-0.2, 0) is 0 Å². The lowest BCUT2D eigenvalue weighted by atomic mass is 10.3. The SMILES string of the molecule is Oc1ccccc1-n1cc(Oc2ccccc2)cn1. The summed E-state index contributed by atoms with van der Waals surface area (Å²) in [5.41, 5.74) is 0.616. The maximum absolute atomic E-state index is 9.76. The van der Waals surface area contributed by atoms with Gasteiger partial charge < -0.3 is 9.84 Å². The van der Waals surface area contributed by atoms with Gasteiger partial charge in [-0.05, 0) is 24.3 Å². The summed E-state index contributed by atoms with van der Waals surface area (Å²) in [7, 11) is 0. The van der Waals surface area contributed by atoms with Crippen molar-refractivity contribution >= 4 is 0 Å². The molecule has 0 aliphatic heterocycles. The Morgan fingerprint density at radius 2 is 1.63 bits per heavy atom. The van der Waals surface area contributed by atoms with Gasteiger partial charge in [-0.25, -0.2) is 4.68 Å². The summed E-state index contributed by atoms with van der Waals surface area (Å²) in [6.07, 6.45) is 3.33. The second kappa shape index (κ2) is 4.86. The number of phenolic OH excluding ortho intramolecular Hbond substituents is 1. The van der Waals surface area contributed by atoms with Gasteiger partial charge in [0.05, 0.1) is 12.4 Å². The molecule has 1 heterocycles. The fraction of sp³-hybridized carbons (Fsp3) is 0.